The summed E-state index contributed by atoms with van der Waals surface area (Å²) in [6, 6.07) is 21.0. The lowest BCUT2D eigenvalue weighted by Gasteiger charge is -2.36. The quantitative estimate of drug-likeness (QED) is 0.217. The van der Waals surface area contributed by atoms with Gasteiger partial charge < -0.3 is 0 Å². The molecule has 0 spiro atoms. The summed E-state index contributed by atoms with van der Waals surface area (Å²) >= 11 is 0. The van der Waals surface area contributed by atoms with Gasteiger partial charge in [-0.3, -0.25) is 0 Å². The highest BCUT2D eigenvalue weighted by atomic mass is 14.4. The van der Waals surface area contributed by atoms with Crippen LogP contribution in [-0.4, -0.2) is 0 Å². The van der Waals surface area contributed by atoms with Crippen LogP contribution >= 0.6 is 0 Å². The molecule has 2 aromatic carbocycles. The second-order valence-corrected chi connectivity index (χ2v) is 11.5. The van der Waals surface area contributed by atoms with Gasteiger partial charge in [0.25, 0.3) is 0 Å². The standard InChI is InChI=1S/C35H51N/c1-3-5-7-9-11-14-18-30-21-22-33(31-19-15-13-16-20-31)34(28-30)32-23-26-35(29-36,27-24-32)25-17-12-10-8-6-4-2/h13,15-16,19-22,28,32H,3-12,14,17-18,23-27H2,1-2H3. The molecule has 0 N–H and O–H groups in total. The lowest BCUT2D eigenvalue weighted by Crippen LogP contribution is -2.25. The summed E-state index contributed by atoms with van der Waals surface area (Å²) in [6.45, 7) is 4.56. The normalized spacial score (nSPS) is 19.8. The van der Waals surface area contributed by atoms with E-state index in [2.05, 4.69) is 68.4 Å². The van der Waals surface area contributed by atoms with Crippen molar-refractivity contribution in [3.05, 3.63) is 59.7 Å². The van der Waals surface area contributed by atoms with Crippen molar-refractivity contribution in [1.82, 2.24) is 0 Å². The van der Waals surface area contributed by atoms with Crippen molar-refractivity contribution in [2.75, 3.05) is 0 Å². The molecule has 36 heavy (non-hydrogen) atoms. The third kappa shape index (κ3) is 8.80. The van der Waals surface area contributed by atoms with Gasteiger partial charge in [-0.1, -0.05) is 133 Å². The summed E-state index contributed by atoms with van der Waals surface area (Å²) in [6.07, 6.45) is 22.7. The minimum Gasteiger partial charge on any atom is -0.198 e. The van der Waals surface area contributed by atoms with Crippen molar-refractivity contribution >= 4 is 0 Å². The Hall–Kier alpha value is -2.07. The Morgan fingerprint density at radius 1 is 0.750 bits per heavy atom. The molecular formula is C35H51N. The first kappa shape index (κ1) is 28.5. The number of hydrogen-bond acceptors (Lipinski definition) is 1. The second kappa shape index (κ2) is 15.9. The number of aryl methyl sites for hydroxylation is 1. The van der Waals surface area contributed by atoms with E-state index in [1.54, 1.807) is 0 Å². The van der Waals surface area contributed by atoms with Crippen LogP contribution in [0.25, 0.3) is 11.1 Å². The molecule has 0 radical (unpaired) electrons. The van der Waals surface area contributed by atoms with Crippen LogP contribution in [0.4, 0.5) is 0 Å². The SMILES string of the molecule is CCCCCCCCc1ccc(-c2ccccc2)c(C2CCC(C#N)(CCCCCCCC)CC2)c1. The first-order valence-corrected chi connectivity index (χ1v) is 15.3. The highest BCUT2D eigenvalue weighted by Gasteiger charge is 2.36. The van der Waals surface area contributed by atoms with E-state index in [-0.39, 0.29) is 5.41 Å². The molecule has 0 atom stereocenters. The van der Waals surface area contributed by atoms with E-state index in [9.17, 15) is 5.26 Å². The van der Waals surface area contributed by atoms with Crippen molar-refractivity contribution in [1.29, 1.82) is 5.26 Å². The van der Waals surface area contributed by atoms with E-state index in [0.29, 0.717) is 5.92 Å². The Labute approximate surface area is 222 Å². The number of unbranched alkanes of at least 4 members (excludes halogenated alkanes) is 10. The van der Waals surface area contributed by atoms with E-state index in [4.69, 9.17) is 0 Å². The molecule has 0 bridgehead atoms. The van der Waals surface area contributed by atoms with Crippen LogP contribution in [0.15, 0.2) is 48.5 Å². The molecule has 1 nitrogen and oxygen atoms in total. The van der Waals surface area contributed by atoms with Crippen LogP contribution in [0.1, 0.15) is 140 Å². The van der Waals surface area contributed by atoms with Gasteiger partial charge in [-0.2, -0.15) is 5.26 Å². The third-order valence-electron chi connectivity index (χ3n) is 8.65. The summed E-state index contributed by atoms with van der Waals surface area (Å²) in [5, 5.41) is 10.1. The predicted octanol–water partition coefficient (Wildman–Crippen LogP) is 11.2. The Bertz CT molecular complexity index is 898. The minimum atomic E-state index is -0.0791. The smallest absolute Gasteiger partial charge is 0.0689 e. The molecule has 3 rings (SSSR count). The zero-order chi connectivity index (χ0) is 25.5. The number of rotatable bonds is 16. The summed E-state index contributed by atoms with van der Waals surface area (Å²) in [5.41, 5.74) is 5.71. The topological polar surface area (TPSA) is 23.8 Å². The average molecular weight is 486 g/mol. The largest absolute Gasteiger partial charge is 0.198 e. The average Bonchev–Trinajstić information content (AvgIpc) is 2.93. The van der Waals surface area contributed by atoms with Gasteiger partial charge in [-0.05, 0) is 73.1 Å². The molecule has 0 aliphatic heterocycles. The number of nitrogens with zero attached hydrogens (tertiary/aromatic N) is 1. The maximum Gasteiger partial charge on any atom is 0.0689 e. The first-order chi connectivity index (χ1) is 17.7. The molecule has 1 fully saturated rings. The molecule has 0 amide bonds. The zero-order valence-electron chi connectivity index (χ0n) is 23.4. The molecule has 1 heteroatoms. The molecule has 2 aromatic rings. The van der Waals surface area contributed by atoms with Crippen LogP contribution in [0.2, 0.25) is 0 Å². The van der Waals surface area contributed by atoms with E-state index in [1.807, 2.05) is 0 Å². The summed E-state index contributed by atoms with van der Waals surface area (Å²) in [4.78, 5) is 0. The van der Waals surface area contributed by atoms with Gasteiger partial charge >= 0.3 is 0 Å². The van der Waals surface area contributed by atoms with E-state index in [0.717, 1.165) is 32.1 Å². The molecule has 1 saturated carbocycles. The minimum absolute atomic E-state index is 0.0791. The summed E-state index contributed by atoms with van der Waals surface area (Å²) in [5.74, 6) is 0.579. The summed E-state index contributed by atoms with van der Waals surface area (Å²) in [7, 11) is 0. The number of benzene rings is 2. The van der Waals surface area contributed by atoms with Gasteiger partial charge in [0.15, 0.2) is 0 Å². The van der Waals surface area contributed by atoms with Crippen molar-refractivity contribution < 1.29 is 0 Å². The zero-order valence-corrected chi connectivity index (χ0v) is 23.4. The molecular weight excluding hydrogens is 434 g/mol. The van der Waals surface area contributed by atoms with Gasteiger partial charge in [0.2, 0.25) is 0 Å². The van der Waals surface area contributed by atoms with Crippen molar-refractivity contribution in [2.45, 2.75) is 135 Å². The Balaban J connectivity index is 1.64. The van der Waals surface area contributed by atoms with E-state index >= 15 is 0 Å². The van der Waals surface area contributed by atoms with Crippen molar-refractivity contribution in [2.24, 2.45) is 5.41 Å². The fourth-order valence-corrected chi connectivity index (χ4v) is 6.24. The van der Waals surface area contributed by atoms with Gasteiger partial charge in [0.05, 0.1) is 11.5 Å². The van der Waals surface area contributed by atoms with Crippen molar-refractivity contribution in [3.63, 3.8) is 0 Å². The van der Waals surface area contributed by atoms with Gasteiger partial charge in [-0.15, -0.1) is 0 Å². The van der Waals surface area contributed by atoms with Gasteiger partial charge in [0, 0.05) is 0 Å². The third-order valence-corrected chi connectivity index (χ3v) is 8.65. The highest BCUT2D eigenvalue weighted by Crippen LogP contribution is 2.47. The Morgan fingerprint density at radius 3 is 2.00 bits per heavy atom. The molecule has 0 unspecified atom stereocenters. The van der Waals surface area contributed by atoms with Crippen LogP contribution in [0.3, 0.4) is 0 Å². The van der Waals surface area contributed by atoms with Crippen molar-refractivity contribution in [3.8, 4) is 17.2 Å². The number of nitriles is 1. The first-order valence-electron chi connectivity index (χ1n) is 15.3. The molecule has 0 aromatic heterocycles. The maximum absolute atomic E-state index is 10.1. The van der Waals surface area contributed by atoms with Gasteiger partial charge in [-0.25, -0.2) is 0 Å². The van der Waals surface area contributed by atoms with Crippen LogP contribution in [0, 0.1) is 16.7 Å². The molecule has 0 heterocycles. The monoisotopic (exact) mass is 485 g/mol. The lowest BCUT2D eigenvalue weighted by molar-refractivity contribution is 0.223. The fraction of sp³-hybridized carbons (Fsp3) is 0.629. The molecule has 0 saturated heterocycles. The van der Waals surface area contributed by atoms with Crippen LogP contribution < -0.4 is 0 Å². The van der Waals surface area contributed by atoms with E-state index < -0.39 is 0 Å². The molecule has 196 valence electrons. The van der Waals surface area contributed by atoms with Crippen LogP contribution in [0.5, 0.6) is 0 Å². The van der Waals surface area contributed by atoms with E-state index in [1.165, 1.54) is 106 Å². The second-order valence-electron chi connectivity index (χ2n) is 11.5. The maximum atomic E-state index is 10.1. The van der Waals surface area contributed by atoms with Gasteiger partial charge in [0.1, 0.15) is 0 Å². The fourth-order valence-electron chi connectivity index (χ4n) is 6.24. The predicted molar refractivity (Wildman–Crippen MR) is 156 cm³/mol. The lowest BCUT2D eigenvalue weighted by atomic mass is 9.66. The molecule has 1 aliphatic carbocycles. The summed E-state index contributed by atoms with van der Waals surface area (Å²) < 4.78 is 0. The molecule has 1 aliphatic rings. The van der Waals surface area contributed by atoms with Crippen LogP contribution in [-0.2, 0) is 6.42 Å². The Morgan fingerprint density at radius 2 is 1.36 bits per heavy atom. The Kier molecular flexibility index (Phi) is 12.6. The highest BCUT2D eigenvalue weighted by molar-refractivity contribution is 5.68. The number of hydrogen-bond donors (Lipinski definition) is 0.